The fourth-order valence-corrected chi connectivity index (χ4v) is 2.13. The highest BCUT2D eigenvalue weighted by Gasteiger charge is 2.36. The number of nitrogens with zero attached hydrogens (tertiary/aromatic N) is 1. The van der Waals surface area contributed by atoms with E-state index in [0.29, 0.717) is 25.9 Å². The van der Waals surface area contributed by atoms with E-state index in [-0.39, 0.29) is 29.9 Å². The van der Waals surface area contributed by atoms with Gasteiger partial charge in [0.2, 0.25) is 5.91 Å². The number of amides is 3. The van der Waals surface area contributed by atoms with Crippen molar-refractivity contribution in [1.82, 2.24) is 15.5 Å². The van der Waals surface area contributed by atoms with Crippen LogP contribution in [0.1, 0.15) is 40.0 Å². The van der Waals surface area contributed by atoms with Crippen molar-refractivity contribution in [1.29, 1.82) is 0 Å². The highest BCUT2D eigenvalue weighted by atomic mass is 16.4. The van der Waals surface area contributed by atoms with Crippen LogP contribution in [-0.4, -0.2) is 52.6 Å². The number of nitrogens with one attached hydrogen (secondary N) is 2. The number of likely N-dealkylation sites (tertiary alicyclic amines) is 1. The van der Waals surface area contributed by atoms with Gasteiger partial charge in [-0.3, -0.25) is 9.59 Å². The lowest BCUT2D eigenvalue weighted by Gasteiger charge is -2.32. The number of carboxylic acids is 1. The Kier molecular flexibility index (Phi) is 5.35. The summed E-state index contributed by atoms with van der Waals surface area (Å²) < 4.78 is 0. The van der Waals surface area contributed by atoms with Crippen molar-refractivity contribution in [3.8, 4) is 0 Å². The Bertz CT molecular complexity index is 390. The number of hydrogen-bond donors (Lipinski definition) is 3. The van der Waals surface area contributed by atoms with Crippen molar-refractivity contribution in [3.63, 3.8) is 0 Å². The standard InChI is InChI=1S/C13H23N3O4/c1-13(2,3)16-8-9(7-10(16)17)15-12(20)14-6-4-5-11(18)19/h9H,4-8H2,1-3H3,(H,18,19)(H2,14,15,20). The van der Waals surface area contributed by atoms with Gasteiger partial charge in [0.05, 0.1) is 6.04 Å². The van der Waals surface area contributed by atoms with Gasteiger partial charge in [0.15, 0.2) is 0 Å². The van der Waals surface area contributed by atoms with Crippen LogP contribution >= 0.6 is 0 Å². The molecule has 1 aliphatic rings. The van der Waals surface area contributed by atoms with E-state index in [1.54, 1.807) is 4.90 Å². The van der Waals surface area contributed by atoms with Gasteiger partial charge in [0.25, 0.3) is 0 Å². The van der Waals surface area contributed by atoms with Gasteiger partial charge in [-0.05, 0) is 27.2 Å². The van der Waals surface area contributed by atoms with Crippen LogP contribution in [0.3, 0.4) is 0 Å². The summed E-state index contributed by atoms with van der Waals surface area (Å²) in [6.45, 7) is 6.68. The molecule has 7 nitrogen and oxygen atoms in total. The number of urea groups is 1. The third-order valence-corrected chi connectivity index (χ3v) is 3.12. The number of hydrogen-bond acceptors (Lipinski definition) is 3. The minimum absolute atomic E-state index is 0.0278. The average molecular weight is 285 g/mol. The fraction of sp³-hybridized carbons (Fsp3) is 0.769. The van der Waals surface area contributed by atoms with E-state index < -0.39 is 5.97 Å². The number of carboxylic acid groups (broad SMARTS) is 1. The molecule has 1 aliphatic heterocycles. The van der Waals surface area contributed by atoms with Crippen molar-refractivity contribution >= 4 is 17.9 Å². The van der Waals surface area contributed by atoms with E-state index >= 15 is 0 Å². The molecular formula is C13H23N3O4. The second-order valence-electron chi connectivity index (χ2n) is 5.97. The van der Waals surface area contributed by atoms with Crippen LogP contribution in [0.5, 0.6) is 0 Å². The number of carbonyl (C=O) groups is 3. The maximum absolute atomic E-state index is 11.8. The molecule has 1 rings (SSSR count). The van der Waals surface area contributed by atoms with Crippen LogP contribution in [0.25, 0.3) is 0 Å². The summed E-state index contributed by atoms with van der Waals surface area (Å²) in [4.78, 5) is 35.5. The second-order valence-corrected chi connectivity index (χ2v) is 5.97. The van der Waals surface area contributed by atoms with E-state index in [1.165, 1.54) is 0 Å². The molecule has 114 valence electrons. The maximum Gasteiger partial charge on any atom is 0.315 e. The van der Waals surface area contributed by atoms with Crippen molar-refractivity contribution in [2.75, 3.05) is 13.1 Å². The fourth-order valence-electron chi connectivity index (χ4n) is 2.13. The van der Waals surface area contributed by atoms with E-state index in [1.807, 2.05) is 20.8 Å². The highest BCUT2D eigenvalue weighted by molar-refractivity contribution is 5.82. The first-order valence-corrected chi connectivity index (χ1v) is 6.77. The summed E-state index contributed by atoms with van der Waals surface area (Å²) in [6, 6.07) is -0.551. The Morgan fingerprint density at radius 3 is 2.55 bits per heavy atom. The summed E-state index contributed by atoms with van der Waals surface area (Å²) in [6.07, 6.45) is 0.722. The molecule has 0 spiro atoms. The van der Waals surface area contributed by atoms with Gasteiger partial charge in [-0.15, -0.1) is 0 Å². The van der Waals surface area contributed by atoms with Gasteiger partial charge in [0.1, 0.15) is 0 Å². The molecule has 0 aromatic carbocycles. The first kappa shape index (κ1) is 16.3. The molecule has 0 aromatic rings. The summed E-state index contributed by atoms with van der Waals surface area (Å²) >= 11 is 0. The van der Waals surface area contributed by atoms with Crippen LogP contribution in [0.2, 0.25) is 0 Å². The number of aliphatic carboxylic acids is 1. The SMILES string of the molecule is CC(C)(C)N1CC(NC(=O)NCCCC(=O)O)CC1=O. The zero-order chi connectivity index (χ0) is 15.3. The Hall–Kier alpha value is -1.79. The van der Waals surface area contributed by atoms with Crippen LogP contribution in [-0.2, 0) is 9.59 Å². The molecule has 7 heteroatoms. The van der Waals surface area contributed by atoms with Crippen LogP contribution in [0, 0.1) is 0 Å². The molecule has 1 unspecified atom stereocenters. The lowest BCUT2D eigenvalue weighted by atomic mass is 10.1. The molecular weight excluding hydrogens is 262 g/mol. The molecule has 1 heterocycles. The van der Waals surface area contributed by atoms with Gasteiger partial charge in [-0.25, -0.2) is 4.79 Å². The minimum atomic E-state index is -0.880. The van der Waals surface area contributed by atoms with E-state index in [2.05, 4.69) is 10.6 Å². The Balaban J connectivity index is 2.30. The van der Waals surface area contributed by atoms with Crippen molar-refractivity contribution < 1.29 is 19.5 Å². The molecule has 0 saturated carbocycles. The predicted molar refractivity (Wildman–Crippen MR) is 73.3 cm³/mol. The summed E-state index contributed by atoms with van der Waals surface area (Å²) in [5, 5.41) is 13.8. The average Bonchev–Trinajstić information content (AvgIpc) is 2.65. The predicted octanol–water partition coefficient (Wildman–Crippen LogP) is 0.550. The normalized spacial score (nSPS) is 19.1. The van der Waals surface area contributed by atoms with Crippen LogP contribution in [0.4, 0.5) is 4.79 Å². The quantitative estimate of drug-likeness (QED) is 0.642. The van der Waals surface area contributed by atoms with E-state index in [9.17, 15) is 14.4 Å². The first-order valence-electron chi connectivity index (χ1n) is 6.77. The minimum Gasteiger partial charge on any atom is -0.481 e. The molecule has 1 saturated heterocycles. The van der Waals surface area contributed by atoms with Gasteiger partial charge in [-0.2, -0.15) is 0 Å². The van der Waals surface area contributed by atoms with Crippen molar-refractivity contribution in [2.24, 2.45) is 0 Å². The molecule has 0 bridgehead atoms. The highest BCUT2D eigenvalue weighted by Crippen LogP contribution is 2.21. The van der Waals surface area contributed by atoms with Gasteiger partial charge in [-0.1, -0.05) is 0 Å². The third kappa shape index (κ3) is 5.07. The van der Waals surface area contributed by atoms with E-state index in [4.69, 9.17) is 5.11 Å². The molecule has 1 atom stereocenters. The number of carbonyl (C=O) groups excluding carboxylic acids is 2. The summed E-state index contributed by atoms with van der Waals surface area (Å²) in [7, 11) is 0. The van der Waals surface area contributed by atoms with E-state index in [0.717, 1.165) is 0 Å². The van der Waals surface area contributed by atoms with Crippen molar-refractivity contribution in [3.05, 3.63) is 0 Å². The van der Waals surface area contributed by atoms with Gasteiger partial charge in [0, 0.05) is 31.5 Å². The molecule has 1 fully saturated rings. The molecule has 20 heavy (non-hydrogen) atoms. The lowest BCUT2D eigenvalue weighted by Crippen LogP contribution is -2.46. The zero-order valence-corrected chi connectivity index (χ0v) is 12.2. The zero-order valence-electron chi connectivity index (χ0n) is 12.2. The van der Waals surface area contributed by atoms with Crippen LogP contribution < -0.4 is 10.6 Å². The molecule has 0 aliphatic carbocycles. The van der Waals surface area contributed by atoms with Crippen molar-refractivity contribution in [2.45, 2.75) is 51.6 Å². The first-order chi connectivity index (χ1) is 9.20. The second kappa shape index (κ2) is 6.58. The largest absolute Gasteiger partial charge is 0.481 e. The smallest absolute Gasteiger partial charge is 0.315 e. The Labute approximate surface area is 118 Å². The number of rotatable bonds is 5. The lowest BCUT2D eigenvalue weighted by molar-refractivity contribution is -0.137. The van der Waals surface area contributed by atoms with Crippen LogP contribution in [0.15, 0.2) is 0 Å². The summed E-state index contributed by atoms with van der Waals surface area (Å²) in [5.74, 6) is -0.844. The molecule has 0 aromatic heterocycles. The Morgan fingerprint density at radius 1 is 1.40 bits per heavy atom. The van der Waals surface area contributed by atoms with Gasteiger partial charge >= 0.3 is 12.0 Å². The summed E-state index contributed by atoms with van der Waals surface area (Å²) in [5.41, 5.74) is -0.245. The van der Waals surface area contributed by atoms with Gasteiger partial charge < -0.3 is 20.6 Å². The molecule has 3 N–H and O–H groups in total. The maximum atomic E-state index is 11.8. The Morgan fingerprint density at radius 2 is 2.05 bits per heavy atom. The monoisotopic (exact) mass is 285 g/mol. The molecule has 3 amide bonds. The molecule has 0 radical (unpaired) electrons. The topological polar surface area (TPSA) is 98.7 Å². The third-order valence-electron chi connectivity index (χ3n) is 3.12.